The van der Waals surface area contributed by atoms with E-state index in [-0.39, 0.29) is 11.8 Å². The zero-order chi connectivity index (χ0) is 18.5. The molecule has 1 atom stereocenters. The fourth-order valence-electron chi connectivity index (χ4n) is 2.24. The Bertz CT molecular complexity index is 907. The molecule has 0 saturated heterocycles. The highest BCUT2D eigenvalue weighted by atomic mass is 32.1. The summed E-state index contributed by atoms with van der Waals surface area (Å²) in [5, 5.41) is 14.5. The summed E-state index contributed by atoms with van der Waals surface area (Å²) in [5.41, 5.74) is 2.52. The van der Waals surface area contributed by atoms with Gasteiger partial charge in [0.1, 0.15) is 11.0 Å². The van der Waals surface area contributed by atoms with E-state index in [4.69, 9.17) is 0 Å². The molecule has 3 aromatic rings. The number of hydrogen-bond donors (Lipinski definition) is 2. The molecule has 1 unspecified atom stereocenters. The fraction of sp³-hybridized carbons (Fsp3) is 0.158. The number of carbonyl (C=O) groups is 2. The molecular weight excluding hydrogens is 348 g/mol. The Morgan fingerprint density at radius 1 is 1.00 bits per heavy atom. The van der Waals surface area contributed by atoms with Crippen LogP contribution in [0.2, 0.25) is 0 Å². The predicted octanol–water partition coefficient (Wildman–Crippen LogP) is 3.27. The Morgan fingerprint density at radius 3 is 2.38 bits per heavy atom. The molecule has 7 heteroatoms. The van der Waals surface area contributed by atoms with Crippen molar-refractivity contribution in [2.24, 2.45) is 0 Å². The number of aromatic nitrogens is 2. The third kappa shape index (κ3) is 4.31. The van der Waals surface area contributed by atoms with Gasteiger partial charge in [0, 0.05) is 11.1 Å². The van der Waals surface area contributed by atoms with Crippen molar-refractivity contribution in [3.63, 3.8) is 0 Å². The molecule has 0 aliphatic rings. The van der Waals surface area contributed by atoms with Gasteiger partial charge in [0.05, 0.1) is 0 Å². The highest BCUT2D eigenvalue weighted by Gasteiger charge is 2.18. The van der Waals surface area contributed by atoms with E-state index in [1.807, 2.05) is 49.4 Å². The molecule has 1 aromatic heterocycles. The number of benzene rings is 2. The van der Waals surface area contributed by atoms with Crippen molar-refractivity contribution < 1.29 is 9.59 Å². The molecule has 2 aromatic carbocycles. The van der Waals surface area contributed by atoms with Gasteiger partial charge >= 0.3 is 0 Å². The maximum absolute atomic E-state index is 12.3. The quantitative estimate of drug-likeness (QED) is 0.726. The van der Waals surface area contributed by atoms with Crippen molar-refractivity contribution in [1.29, 1.82) is 0 Å². The standard InChI is InChI=1S/C19H18N4O2S/c1-12-8-10-14(11-9-12)17(25)20-13(2)16(24)21-19-23-22-18(26-19)15-6-4-3-5-7-15/h3-11,13H,1-2H3,(H,20,25)(H,21,23,24). The van der Waals surface area contributed by atoms with E-state index in [9.17, 15) is 9.59 Å². The average molecular weight is 366 g/mol. The zero-order valence-electron chi connectivity index (χ0n) is 14.4. The van der Waals surface area contributed by atoms with Gasteiger partial charge in [-0.05, 0) is 26.0 Å². The van der Waals surface area contributed by atoms with Gasteiger partial charge in [0.25, 0.3) is 5.91 Å². The SMILES string of the molecule is Cc1ccc(C(=O)NC(C)C(=O)Nc2nnc(-c3ccccc3)s2)cc1. The van der Waals surface area contributed by atoms with Crippen molar-refractivity contribution in [2.75, 3.05) is 5.32 Å². The first-order chi connectivity index (χ1) is 12.5. The van der Waals surface area contributed by atoms with Gasteiger partial charge in [-0.25, -0.2) is 0 Å². The van der Waals surface area contributed by atoms with Crippen LogP contribution in [-0.4, -0.2) is 28.1 Å². The molecule has 0 bridgehead atoms. The number of nitrogens with zero attached hydrogens (tertiary/aromatic N) is 2. The van der Waals surface area contributed by atoms with Crippen molar-refractivity contribution in [3.05, 3.63) is 65.7 Å². The highest BCUT2D eigenvalue weighted by molar-refractivity contribution is 7.18. The van der Waals surface area contributed by atoms with E-state index in [1.54, 1.807) is 19.1 Å². The first kappa shape index (κ1) is 17.8. The smallest absolute Gasteiger partial charge is 0.251 e. The Labute approximate surface area is 155 Å². The van der Waals surface area contributed by atoms with Crippen LogP contribution in [0.25, 0.3) is 10.6 Å². The van der Waals surface area contributed by atoms with Crippen molar-refractivity contribution in [1.82, 2.24) is 15.5 Å². The summed E-state index contributed by atoms with van der Waals surface area (Å²) >= 11 is 1.28. The number of aryl methyl sites for hydroxylation is 1. The lowest BCUT2D eigenvalue weighted by atomic mass is 10.1. The first-order valence-electron chi connectivity index (χ1n) is 8.10. The van der Waals surface area contributed by atoms with Crippen LogP contribution in [0.5, 0.6) is 0 Å². The molecule has 0 radical (unpaired) electrons. The van der Waals surface area contributed by atoms with Gasteiger partial charge in [-0.2, -0.15) is 0 Å². The van der Waals surface area contributed by atoms with Gasteiger partial charge in [0.15, 0.2) is 0 Å². The molecule has 0 aliphatic heterocycles. The third-order valence-corrected chi connectivity index (χ3v) is 4.62. The van der Waals surface area contributed by atoms with Gasteiger partial charge in [0.2, 0.25) is 11.0 Å². The molecule has 0 saturated carbocycles. The summed E-state index contributed by atoms with van der Waals surface area (Å²) in [7, 11) is 0. The molecular formula is C19H18N4O2S. The summed E-state index contributed by atoms with van der Waals surface area (Å²) in [6.45, 7) is 3.57. The van der Waals surface area contributed by atoms with Gasteiger partial charge in [-0.3, -0.25) is 14.9 Å². The predicted molar refractivity (Wildman–Crippen MR) is 102 cm³/mol. The van der Waals surface area contributed by atoms with Crippen LogP contribution in [0.1, 0.15) is 22.8 Å². The monoisotopic (exact) mass is 366 g/mol. The van der Waals surface area contributed by atoms with E-state index in [0.717, 1.165) is 16.1 Å². The minimum Gasteiger partial charge on any atom is -0.341 e. The third-order valence-electron chi connectivity index (χ3n) is 3.73. The van der Waals surface area contributed by atoms with Crippen LogP contribution in [0.3, 0.4) is 0 Å². The zero-order valence-corrected chi connectivity index (χ0v) is 15.2. The van der Waals surface area contributed by atoms with Crippen molar-refractivity contribution >= 4 is 28.3 Å². The molecule has 6 nitrogen and oxygen atoms in total. The maximum atomic E-state index is 12.3. The van der Waals surface area contributed by atoms with Gasteiger partial charge in [-0.1, -0.05) is 59.4 Å². The molecule has 0 spiro atoms. The Morgan fingerprint density at radius 2 is 1.69 bits per heavy atom. The molecule has 3 rings (SSSR count). The number of nitrogens with one attached hydrogen (secondary N) is 2. The van der Waals surface area contributed by atoms with Crippen molar-refractivity contribution in [3.8, 4) is 10.6 Å². The number of amides is 2. The lowest BCUT2D eigenvalue weighted by Gasteiger charge is -2.12. The number of anilines is 1. The Kier molecular flexibility index (Phi) is 5.38. The topological polar surface area (TPSA) is 84.0 Å². The second kappa shape index (κ2) is 7.88. The van der Waals surface area contributed by atoms with Crippen LogP contribution >= 0.6 is 11.3 Å². The van der Waals surface area contributed by atoms with Crippen LogP contribution in [-0.2, 0) is 4.79 Å². The van der Waals surface area contributed by atoms with Crippen LogP contribution in [0.15, 0.2) is 54.6 Å². The number of hydrogen-bond acceptors (Lipinski definition) is 5. The maximum Gasteiger partial charge on any atom is 0.251 e. The summed E-state index contributed by atoms with van der Waals surface area (Å²) in [5.74, 6) is -0.642. The van der Waals surface area contributed by atoms with Crippen LogP contribution < -0.4 is 10.6 Å². The molecule has 2 amide bonds. The summed E-state index contributed by atoms with van der Waals surface area (Å²) < 4.78 is 0. The van der Waals surface area contributed by atoms with Gasteiger partial charge in [-0.15, -0.1) is 10.2 Å². The summed E-state index contributed by atoms with van der Waals surface area (Å²) in [4.78, 5) is 24.5. The Balaban J connectivity index is 1.60. The minimum atomic E-state index is -0.701. The number of carbonyl (C=O) groups excluding carboxylic acids is 2. The van der Waals surface area contributed by atoms with E-state index in [1.165, 1.54) is 11.3 Å². The van der Waals surface area contributed by atoms with E-state index >= 15 is 0 Å². The van der Waals surface area contributed by atoms with E-state index < -0.39 is 6.04 Å². The van der Waals surface area contributed by atoms with Crippen LogP contribution in [0.4, 0.5) is 5.13 Å². The lowest BCUT2D eigenvalue weighted by Crippen LogP contribution is -2.41. The normalized spacial score (nSPS) is 11.6. The van der Waals surface area contributed by atoms with Crippen molar-refractivity contribution in [2.45, 2.75) is 19.9 Å². The molecule has 1 heterocycles. The highest BCUT2D eigenvalue weighted by Crippen LogP contribution is 2.25. The lowest BCUT2D eigenvalue weighted by molar-refractivity contribution is -0.117. The first-order valence-corrected chi connectivity index (χ1v) is 8.92. The summed E-state index contributed by atoms with van der Waals surface area (Å²) in [6, 6.07) is 16.1. The average Bonchev–Trinajstić information content (AvgIpc) is 3.11. The minimum absolute atomic E-state index is 0.296. The Hall–Kier alpha value is -3.06. The second-order valence-corrected chi connectivity index (χ2v) is 6.81. The van der Waals surface area contributed by atoms with Gasteiger partial charge < -0.3 is 5.32 Å². The largest absolute Gasteiger partial charge is 0.341 e. The number of rotatable bonds is 5. The molecule has 2 N–H and O–H groups in total. The summed E-state index contributed by atoms with van der Waals surface area (Å²) in [6.07, 6.45) is 0. The molecule has 0 aliphatic carbocycles. The van der Waals surface area contributed by atoms with E-state index in [0.29, 0.717) is 10.7 Å². The fourth-order valence-corrected chi connectivity index (χ4v) is 2.99. The van der Waals surface area contributed by atoms with E-state index in [2.05, 4.69) is 20.8 Å². The van der Waals surface area contributed by atoms with Crippen LogP contribution in [0, 0.1) is 6.92 Å². The molecule has 0 fully saturated rings. The second-order valence-electron chi connectivity index (χ2n) is 5.83. The molecule has 132 valence electrons. The molecule has 26 heavy (non-hydrogen) atoms.